The fourth-order valence-corrected chi connectivity index (χ4v) is 4.10. The second-order valence-corrected chi connectivity index (χ2v) is 7.55. The maximum absolute atomic E-state index is 4.39. The van der Waals surface area contributed by atoms with Crippen molar-refractivity contribution < 1.29 is 0 Å². The predicted molar refractivity (Wildman–Crippen MR) is 106 cm³/mol. The normalized spacial score (nSPS) is 20.6. The predicted octanol–water partition coefficient (Wildman–Crippen LogP) is 2.88. The van der Waals surface area contributed by atoms with Gasteiger partial charge in [-0.1, -0.05) is 24.3 Å². The maximum atomic E-state index is 4.39. The Morgan fingerprint density at radius 3 is 2.80 bits per heavy atom. The zero-order valence-electron chi connectivity index (χ0n) is 15.0. The van der Waals surface area contributed by atoms with Gasteiger partial charge in [-0.15, -0.1) is 0 Å². The van der Waals surface area contributed by atoms with Crippen molar-refractivity contribution >= 4 is 17.7 Å². The molecule has 2 aromatic rings. The molecular formula is C19H27N5S. The summed E-state index contributed by atoms with van der Waals surface area (Å²) in [6.45, 7) is 1.55. The maximum Gasteiger partial charge on any atom is 0.191 e. The van der Waals surface area contributed by atoms with Crippen molar-refractivity contribution in [2.45, 2.75) is 43.6 Å². The summed E-state index contributed by atoms with van der Waals surface area (Å²) in [4.78, 5) is 4.39. The topological polar surface area (TPSA) is 54.2 Å². The lowest BCUT2D eigenvalue weighted by Gasteiger charge is -2.18. The van der Waals surface area contributed by atoms with Crippen LogP contribution in [0.2, 0.25) is 0 Å². The fraction of sp³-hybridized carbons (Fsp3) is 0.474. The molecule has 1 heterocycles. The van der Waals surface area contributed by atoms with E-state index in [1.807, 2.05) is 42.0 Å². The lowest BCUT2D eigenvalue weighted by Crippen LogP contribution is -2.42. The molecule has 0 aliphatic heterocycles. The molecule has 1 aromatic carbocycles. The number of thioether (sulfide) groups is 1. The van der Waals surface area contributed by atoms with Crippen molar-refractivity contribution in [3.05, 3.63) is 53.9 Å². The van der Waals surface area contributed by atoms with Gasteiger partial charge in [-0.3, -0.25) is 9.67 Å². The van der Waals surface area contributed by atoms with E-state index in [9.17, 15) is 0 Å². The number of nitrogens with one attached hydrogen (secondary N) is 2. The minimum absolute atomic E-state index is 0.531. The van der Waals surface area contributed by atoms with Crippen molar-refractivity contribution in [2.75, 3.05) is 13.3 Å². The molecule has 5 nitrogen and oxygen atoms in total. The Labute approximate surface area is 154 Å². The van der Waals surface area contributed by atoms with Gasteiger partial charge in [0.15, 0.2) is 5.96 Å². The molecule has 2 unspecified atom stereocenters. The second kappa shape index (κ2) is 8.94. The highest BCUT2D eigenvalue weighted by Gasteiger charge is 2.24. The highest BCUT2D eigenvalue weighted by molar-refractivity contribution is 7.99. The van der Waals surface area contributed by atoms with E-state index in [-0.39, 0.29) is 0 Å². The molecule has 1 aliphatic carbocycles. The summed E-state index contributed by atoms with van der Waals surface area (Å²) in [6, 6.07) is 11.0. The highest BCUT2D eigenvalue weighted by atomic mass is 32.2. The lowest BCUT2D eigenvalue weighted by atomic mass is 10.1. The van der Waals surface area contributed by atoms with Crippen LogP contribution < -0.4 is 10.6 Å². The molecule has 6 heteroatoms. The van der Waals surface area contributed by atoms with E-state index in [1.54, 1.807) is 0 Å². The van der Waals surface area contributed by atoms with E-state index in [2.05, 4.69) is 51.2 Å². The van der Waals surface area contributed by atoms with Gasteiger partial charge in [0, 0.05) is 37.3 Å². The molecule has 3 rings (SSSR count). The molecule has 1 saturated carbocycles. The molecule has 1 aromatic heterocycles. The Morgan fingerprint density at radius 1 is 1.28 bits per heavy atom. The van der Waals surface area contributed by atoms with Crippen LogP contribution in [0.15, 0.2) is 47.7 Å². The number of guanidine groups is 1. The molecule has 1 aliphatic rings. The fourth-order valence-electron chi connectivity index (χ4n) is 3.30. The number of benzene rings is 1. The van der Waals surface area contributed by atoms with Crippen molar-refractivity contribution in [1.82, 2.24) is 20.4 Å². The number of hydrogen-bond acceptors (Lipinski definition) is 3. The molecule has 2 N–H and O–H groups in total. The quantitative estimate of drug-likeness (QED) is 0.617. The second-order valence-electron chi connectivity index (χ2n) is 6.41. The van der Waals surface area contributed by atoms with Crippen molar-refractivity contribution in [1.29, 1.82) is 0 Å². The summed E-state index contributed by atoms with van der Waals surface area (Å²) in [6.07, 6.45) is 9.75. The SMILES string of the molecule is CN=C(NCc1ccccc1Cn1cccn1)NC1CCC(SC)C1. The zero-order chi connectivity index (χ0) is 17.5. The first-order valence-electron chi connectivity index (χ1n) is 8.82. The third kappa shape index (κ3) is 5.01. The van der Waals surface area contributed by atoms with Crippen molar-refractivity contribution in [2.24, 2.45) is 4.99 Å². The smallest absolute Gasteiger partial charge is 0.191 e. The summed E-state index contributed by atoms with van der Waals surface area (Å²) in [5, 5.41) is 12.1. The number of nitrogens with zero attached hydrogens (tertiary/aromatic N) is 3. The summed E-state index contributed by atoms with van der Waals surface area (Å²) in [5.74, 6) is 0.889. The first-order valence-corrected chi connectivity index (χ1v) is 10.1. The van der Waals surface area contributed by atoms with Gasteiger partial charge in [0.05, 0.1) is 6.54 Å². The third-order valence-electron chi connectivity index (χ3n) is 4.74. The van der Waals surface area contributed by atoms with E-state index in [4.69, 9.17) is 0 Å². The van der Waals surface area contributed by atoms with Gasteiger partial charge < -0.3 is 10.6 Å². The Hall–Kier alpha value is -1.95. The molecule has 0 saturated heterocycles. The minimum Gasteiger partial charge on any atom is -0.354 e. The van der Waals surface area contributed by atoms with Crippen LogP contribution in [0.25, 0.3) is 0 Å². The van der Waals surface area contributed by atoms with Gasteiger partial charge in [0.2, 0.25) is 0 Å². The molecule has 0 spiro atoms. The van der Waals surface area contributed by atoms with E-state index in [0.29, 0.717) is 6.04 Å². The largest absolute Gasteiger partial charge is 0.354 e. The summed E-state index contributed by atoms with van der Waals surface area (Å²) in [5.41, 5.74) is 2.55. The van der Waals surface area contributed by atoms with Crippen molar-refractivity contribution in [3.8, 4) is 0 Å². The van der Waals surface area contributed by atoms with Gasteiger partial charge in [-0.2, -0.15) is 16.9 Å². The first kappa shape index (κ1) is 17.9. The van der Waals surface area contributed by atoms with Gasteiger partial charge >= 0.3 is 0 Å². The van der Waals surface area contributed by atoms with Gasteiger partial charge in [-0.05, 0) is 42.7 Å². The van der Waals surface area contributed by atoms with Gasteiger partial charge in [-0.25, -0.2) is 0 Å². The first-order chi connectivity index (χ1) is 12.3. The van der Waals surface area contributed by atoms with E-state index in [1.165, 1.54) is 30.4 Å². The van der Waals surface area contributed by atoms with Gasteiger partial charge in [0.25, 0.3) is 0 Å². The van der Waals surface area contributed by atoms with E-state index < -0.39 is 0 Å². The van der Waals surface area contributed by atoms with E-state index >= 15 is 0 Å². The number of hydrogen-bond donors (Lipinski definition) is 2. The number of rotatable bonds is 6. The van der Waals surface area contributed by atoms with Crippen LogP contribution in [0.5, 0.6) is 0 Å². The standard InChI is InChI=1S/C19H27N5S/c1-20-19(23-17-8-9-18(12-17)25-2)21-13-15-6-3-4-7-16(15)14-24-11-5-10-22-24/h3-7,10-11,17-18H,8-9,12-14H2,1-2H3,(H2,20,21,23). The van der Waals surface area contributed by atoms with Gasteiger partial charge in [0.1, 0.15) is 0 Å². The molecular weight excluding hydrogens is 330 g/mol. The molecule has 1 fully saturated rings. The molecule has 2 atom stereocenters. The zero-order valence-corrected chi connectivity index (χ0v) is 15.8. The van der Waals surface area contributed by atoms with Crippen LogP contribution in [0.1, 0.15) is 30.4 Å². The van der Waals surface area contributed by atoms with Crippen LogP contribution in [-0.4, -0.2) is 40.3 Å². The van der Waals surface area contributed by atoms with Crippen LogP contribution in [0.4, 0.5) is 0 Å². The van der Waals surface area contributed by atoms with Crippen LogP contribution >= 0.6 is 11.8 Å². The number of aliphatic imine (C=N–C) groups is 1. The minimum atomic E-state index is 0.531. The molecule has 25 heavy (non-hydrogen) atoms. The molecule has 134 valence electrons. The van der Waals surface area contributed by atoms with Crippen molar-refractivity contribution in [3.63, 3.8) is 0 Å². The Morgan fingerprint density at radius 2 is 2.12 bits per heavy atom. The summed E-state index contributed by atoms with van der Waals surface area (Å²) >= 11 is 1.98. The third-order valence-corrected chi connectivity index (χ3v) is 5.83. The summed E-state index contributed by atoms with van der Waals surface area (Å²) in [7, 11) is 1.84. The Kier molecular flexibility index (Phi) is 6.39. The Balaban J connectivity index is 1.57. The Bertz CT molecular complexity index is 683. The average molecular weight is 358 g/mol. The van der Waals surface area contributed by atoms with Crippen LogP contribution in [0, 0.1) is 0 Å². The molecule has 0 amide bonds. The van der Waals surface area contributed by atoms with Crippen LogP contribution in [-0.2, 0) is 13.1 Å². The molecule has 0 bridgehead atoms. The number of aromatic nitrogens is 2. The lowest BCUT2D eigenvalue weighted by molar-refractivity contribution is 0.613. The molecule has 0 radical (unpaired) electrons. The van der Waals surface area contributed by atoms with Crippen LogP contribution in [0.3, 0.4) is 0 Å². The average Bonchev–Trinajstić information content (AvgIpc) is 3.31. The monoisotopic (exact) mass is 357 g/mol. The van der Waals surface area contributed by atoms with E-state index in [0.717, 1.165) is 24.3 Å². The summed E-state index contributed by atoms with van der Waals surface area (Å²) < 4.78 is 1.95. The highest BCUT2D eigenvalue weighted by Crippen LogP contribution is 2.28.